The number of hydrogen-bond acceptors (Lipinski definition) is 15. The Balaban J connectivity index is 1.74. The molecule has 0 radical (unpaired) electrons. The summed E-state index contributed by atoms with van der Waals surface area (Å²) in [4.78, 5) is 111. The average Bonchev–Trinajstić information content (AvgIpc) is 3.80. The van der Waals surface area contributed by atoms with Crippen LogP contribution in [0.25, 0.3) is 0 Å². The van der Waals surface area contributed by atoms with Crippen LogP contribution in [-0.4, -0.2) is 148 Å². The van der Waals surface area contributed by atoms with Crippen molar-refractivity contribution in [1.29, 1.82) is 0 Å². The molecular weight excluding hydrogens is 702 g/mol. The van der Waals surface area contributed by atoms with E-state index in [0.29, 0.717) is 12.8 Å². The van der Waals surface area contributed by atoms with Crippen LogP contribution in [-0.2, 0) is 38.2 Å². The van der Waals surface area contributed by atoms with Gasteiger partial charge in [-0.15, -0.1) is 0 Å². The second kappa shape index (κ2) is 17.5. The summed E-state index contributed by atoms with van der Waals surface area (Å²) in [7, 11) is 4.25. The molecule has 0 aromatic carbocycles. The van der Waals surface area contributed by atoms with Crippen LogP contribution in [0.2, 0.25) is 0 Å². The highest BCUT2D eigenvalue weighted by Crippen LogP contribution is 2.25. The quantitative estimate of drug-likeness (QED) is 0.136. The summed E-state index contributed by atoms with van der Waals surface area (Å²) in [6.45, 7) is 0.230. The highest BCUT2D eigenvalue weighted by Gasteiger charge is 2.43. The van der Waals surface area contributed by atoms with Gasteiger partial charge >= 0.3 is 23.9 Å². The van der Waals surface area contributed by atoms with Gasteiger partial charge in [-0.2, -0.15) is 0 Å². The molecule has 2 fully saturated rings. The van der Waals surface area contributed by atoms with Crippen LogP contribution >= 0.6 is 21.6 Å². The minimum Gasteiger partial charge on any atom is -0.480 e. The molecular formula is C29H37N7O12S2. The van der Waals surface area contributed by atoms with Gasteiger partial charge in [0.05, 0.1) is 14.2 Å². The van der Waals surface area contributed by atoms with E-state index >= 15 is 0 Å². The van der Waals surface area contributed by atoms with Crippen molar-refractivity contribution in [3.63, 3.8) is 0 Å². The maximum atomic E-state index is 13.7. The summed E-state index contributed by atoms with van der Waals surface area (Å²) in [6, 6.07) is -1.09. The summed E-state index contributed by atoms with van der Waals surface area (Å²) in [5.41, 5.74) is -0.709. The lowest BCUT2D eigenvalue weighted by Gasteiger charge is -2.31. The summed E-state index contributed by atoms with van der Waals surface area (Å²) in [6.07, 6.45) is -2.01. The number of carbonyl (C=O) groups excluding carboxylic acids is 6. The first-order valence-electron chi connectivity index (χ1n) is 15.4. The monoisotopic (exact) mass is 739 g/mol. The van der Waals surface area contributed by atoms with E-state index in [9.17, 15) is 48.6 Å². The molecule has 2 saturated heterocycles. The molecule has 0 saturated carbocycles. The number of esters is 2. The van der Waals surface area contributed by atoms with E-state index < -0.39 is 84.0 Å². The van der Waals surface area contributed by atoms with Crippen molar-refractivity contribution >= 4 is 69.1 Å². The van der Waals surface area contributed by atoms with Crippen LogP contribution in [0.4, 0.5) is 0 Å². The summed E-state index contributed by atoms with van der Waals surface area (Å²) >= 11 is 0. The number of rotatable bonds is 6. The third kappa shape index (κ3) is 9.20. The van der Waals surface area contributed by atoms with Gasteiger partial charge in [0.25, 0.3) is 23.6 Å². The van der Waals surface area contributed by atoms with E-state index in [-0.39, 0.29) is 48.8 Å². The van der Waals surface area contributed by atoms with Gasteiger partial charge < -0.3 is 41.0 Å². The van der Waals surface area contributed by atoms with Gasteiger partial charge in [-0.25, -0.2) is 14.6 Å². The van der Waals surface area contributed by atoms with E-state index in [1.165, 1.54) is 28.0 Å². The Kier molecular flexibility index (Phi) is 13.4. The summed E-state index contributed by atoms with van der Waals surface area (Å²) in [5, 5.41) is 29.6. The van der Waals surface area contributed by atoms with Crippen LogP contribution in [0.5, 0.6) is 0 Å². The van der Waals surface area contributed by atoms with Gasteiger partial charge in [0.15, 0.2) is 12.3 Å². The van der Waals surface area contributed by atoms with Gasteiger partial charge in [0.1, 0.15) is 35.6 Å². The van der Waals surface area contributed by atoms with E-state index in [2.05, 4.69) is 26.3 Å². The molecule has 3 aliphatic heterocycles. The summed E-state index contributed by atoms with van der Waals surface area (Å²) in [5.74, 6) is -8.16. The number of methoxy groups -OCH3 is 2. The van der Waals surface area contributed by atoms with Gasteiger partial charge in [0.2, 0.25) is 0 Å². The van der Waals surface area contributed by atoms with Gasteiger partial charge in [-0.3, -0.25) is 38.6 Å². The predicted molar refractivity (Wildman–Crippen MR) is 174 cm³/mol. The van der Waals surface area contributed by atoms with Crippen molar-refractivity contribution in [3.05, 3.63) is 29.6 Å². The summed E-state index contributed by atoms with van der Waals surface area (Å²) < 4.78 is 9.70. The van der Waals surface area contributed by atoms with Crippen LogP contribution in [0.1, 0.15) is 46.7 Å². The molecule has 4 rings (SSSR count). The van der Waals surface area contributed by atoms with Crippen molar-refractivity contribution < 1.29 is 58.0 Å². The maximum absolute atomic E-state index is 13.7. The molecule has 4 amide bonds. The number of carboxylic acid groups (broad SMARTS) is 2. The molecule has 6 atom stereocenters. The third-order valence-corrected chi connectivity index (χ3v) is 10.6. The van der Waals surface area contributed by atoms with Gasteiger partial charge in [-0.1, -0.05) is 27.7 Å². The molecule has 1 aromatic heterocycles. The number of fused-ring (bicyclic) bond motifs is 2. The molecule has 21 heteroatoms. The average molecular weight is 740 g/mol. The standard InChI is InChI=1S/C29H37N7O12S2/c1-47-28(45)16-12-49-50-13-17(29(46)48-2)32-25(40)21(36-11-5-9-19(36)27(43)44)34-23(38)15-7-3-6-14(30-15)22(37)33-20(24(39)31-16)35-10-4-8-18(35)26(41)42/h3,6-7,16-21H,4-5,8-13H2,1-2H3,(H,31,39)(H,32,40)(H,33,37)(H,34,38)(H,41,42)(H,43,44). The molecule has 4 heterocycles. The second-order valence-corrected chi connectivity index (χ2v) is 13.9. The predicted octanol–water partition coefficient (Wildman–Crippen LogP) is -2.00. The Hall–Kier alpha value is -4.47. The normalized spacial score (nSPS) is 27.7. The zero-order valence-corrected chi connectivity index (χ0v) is 28.6. The molecule has 6 N–H and O–H groups in total. The first-order valence-corrected chi connectivity index (χ1v) is 17.9. The molecule has 1 aromatic rings. The number of carbonyl (C=O) groups is 8. The highest BCUT2D eigenvalue weighted by molar-refractivity contribution is 8.76. The topological polar surface area (TPSA) is 263 Å². The van der Waals surface area contributed by atoms with Crippen molar-refractivity contribution in [2.45, 2.75) is 62.2 Å². The number of hydrogen-bond donors (Lipinski definition) is 6. The smallest absolute Gasteiger partial charge is 0.329 e. The second-order valence-electron chi connectivity index (χ2n) is 11.4. The molecule has 2 bridgehead atoms. The van der Waals surface area contributed by atoms with Crippen molar-refractivity contribution in [2.75, 3.05) is 38.8 Å². The number of ether oxygens (including phenoxy) is 2. The van der Waals surface area contributed by atoms with E-state index in [1.54, 1.807) is 0 Å². The van der Waals surface area contributed by atoms with E-state index in [0.717, 1.165) is 35.8 Å². The first kappa shape index (κ1) is 38.3. The van der Waals surface area contributed by atoms with Crippen LogP contribution in [0.15, 0.2) is 18.2 Å². The molecule has 3 aliphatic rings. The number of aromatic nitrogens is 1. The number of nitrogens with one attached hydrogen (secondary N) is 4. The molecule has 19 nitrogen and oxygen atoms in total. The molecule has 272 valence electrons. The molecule has 50 heavy (non-hydrogen) atoms. The number of amides is 4. The van der Waals surface area contributed by atoms with Crippen molar-refractivity contribution in [3.8, 4) is 0 Å². The lowest BCUT2D eigenvalue weighted by atomic mass is 10.2. The zero-order chi connectivity index (χ0) is 36.5. The molecule has 6 unspecified atom stereocenters. The fourth-order valence-corrected chi connectivity index (χ4v) is 8.06. The van der Waals surface area contributed by atoms with Gasteiger partial charge in [-0.05, 0) is 37.8 Å². The Bertz CT molecular complexity index is 1410. The maximum Gasteiger partial charge on any atom is 0.329 e. The van der Waals surface area contributed by atoms with Crippen LogP contribution < -0.4 is 21.3 Å². The SMILES string of the molecule is COC(=O)C1CSSCC(C(=O)OC)NC(=O)C(N2CCCC2C(=O)O)NC(=O)c2cccc(n2)C(=O)NC(N2CCCC2C(=O)O)C(=O)N1. The first-order chi connectivity index (χ1) is 23.9. The largest absolute Gasteiger partial charge is 0.480 e. The Morgan fingerprint density at radius 3 is 1.48 bits per heavy atom. The lowest BCUT2D eigenvalue weighted by Crippen LogP contribution is -2.61. The zero-order valence-electron chi connectivity index (χ0n) is 27.0. The number of pyridine rings is 1. The lowest BCUT2D eigenvalue weighted by molar-refractivity contribution is -0.148. The third-order valence-electron chi connectivity index (χ3n) is 8.23. The van der Waals surface area contributed by atoms with Crippen LogP contribution in [0.3, 0.4) is 0 Å². The molecule has 0 spiro atoms. The fourth-order valence-electron chi connectivity index (χ4n) is 5.76. The van der Waals surface area contributed by atoms with Crippen LogP contribution in [0, 0.1) is 0 Å². The number of carboxylic acids is 2. The Labute approximate surface area is 293 Å². The minimum absolute atomic E-state index is 0.115. The van der Waals surface area contributed by atoms with Crippen molar-refractivity contribution in [2.24, 2.45) is 0 Å². The number of likely N-dealkylation sites (tertiary alicyclic amines) is 2. The highest BCUT2D eigenvalue weighted by atomic mass is 33.1. The van der Waals surface area contributed by atoms with Crippen molar-refractivity contribution in [1.82, 2.24) is 36.1 Å². The molecule has 0 aliphatic carbocycles. The Morgan fingerprint density at radius 2 is 1.12 bits per heavy atom. The van der Waals surface area contributed by atoms with Gasteiger partial charge in [0, 0.05) is 24.6 Å². The number of aliphatic carboxylic acids is 2. The van der Waals surface area contributed by atoms with E-state index in [1.807, 2.05) is 0 Å². The number of nitrogens with zero attached hydrogens (tertiary/aromatic N) is 3. The fraction of sp³-hybridized carbons (Fsp3) is 0.552. The Morgan fingerprint density at radius 1 is 0.720 bits per heavy atom. The van der Waals surface area contributed by atoms with E-state index in [4.69, 9.17) is 9.47 Å². The minimum atomic E-state index is -1.59.